The van der Waals surface area contributed by atoms with E-state index in [2.05, 4.69) is 24.3 Å². The van der Waals surface area contributed by atoms with Gasteiger partial charge in [0.1, 0.15) is 10.7 Å². The molecule has 2 aliphatic heterocycles. The third kappa shape index (κ3) is 4.96. The van der Waals surface area contributed by atoms with Crippen LogP contribution in [-0.4, -0.2) is 44.0 Å². The molecule has 3 aromatic carbocycles. The van der Waals surface area contributed by atoms with E-state index in [-0.39, 0.29) is 22.6 Å². The number of hydrogen-bond acceptors (Lipinski definition) is 8. The molecule has 2 amide bonds. The minimum Gasteiger partial charge on any atom is -0.273 e. The molecule has 2 aromatic heterocycles. The largest absolute Gasteiger partial charge is 0.273 e. The molecule has 2 aliphatic rings. The molecule has 2 saturated heterocycles. The number of benzene rings is 3. The predicted molar refractivity (Wildman–Crippen MR) is 171 cm³/mol. The number of anilines is 2. The molecule has 4 heterocycles. The van der Waals surface area contributed by atoms with Crippen LogP contribution in [0.2, 0.25) is 0 Å². The number of amides is 2. The summed E-state index contributed by atoms with van der Waals surface area (Å²) in [6.07, 6.45) is 8.24. The Morgan fingerprint density at radius 1 is 0.650 bits per heavy atom. The van der Waals surface area contributed by atoms with Gasteiger partial charge in [-0.05, 0) is 23.3 Å². The SMILES string of the molecule is O=C1CSC(/C=C/c2ccccc2)N1c1nc2cc3sc(N4C(=O)CSC4/C=C/c4ccccc4)nc3cc2s1. The second-order valence-electron chi connectivity index (χ2n) is 9.25. The molecule has 6 nitrogen and oxygen atoms in total. The van der Waals surface area contributed by atoms with Gasteiger partial charge in [-0.2, -0.15) is 0 Å². The average Bonchev–Trinajstić information content (AvgIpc) is 3.75. The minimum absolute atomic E-state index is 0.0636. The summed E-state index contributed by atoms with van der Waals surface area (Å²) in [5, 5.41) is 1.20. The van der Waals surface area contributed by atoms with Crippen molar-refractivity contribution in [3.8, 4) is 0 Å². The van der Waals surface area contributed by atoms with Crippen LogP contribution in [0.1, 0.15) is 11.1 Å². The summed E-state index contributed by atoms with van der Waals surface area (Å²) in [6, 6.07) is 24.2. The number of carbonyl (C=O) groups excluding carboxylic acids is 2. The molecule has 2 atom stereocenters. The van der Waals surface area contributed by atoms with Gasteiger partial charge < -0.3 is 0 Å². The van der Waals surface area contributed by atoms with Gasteiger partial charge in [0, 0.05) is 0 Å². The molecule has 198 valence electrons. The van der Waals surface area contributed by atoms with Crippen LogP contribution in [0, 0.1) is 0 Å². The molecule has 40 heavy (non-hydrogen) atoms. The van der Waals surface area contributed by atoms with E-state index in [1.807, 2.05) is 72.8 Å². The number of rotatable bonds is 6. The van der Waals surface area contributed by atoms with Crippen LogP contribution in [0.4, 0.5) is 10.3 Å². The summed E-state index contributed by atoms with van der Waals surface area (Å²) < 4.78 is 1.94. The standard InChI is InChI=1S/C30H22N4O2S4/c35-25-17-37-27(13-11-19-7-3-1-4-8-19)33(25)29-31-21-15-24-22(16-23(21)39-29)32-30(40-24)34-26(36)18-38-28(34)14-12-20-9-5-2-6-10-20/h1-16,27-28H,17-18H2/b13-11+,14-12+. The molecule has 0 spiro atoms. The van der Waals surface area contributed by atoms with Crippen molar-refractivity contribution < 1.29 is 9.59 Å². The zero-order chi connectivity index (χ0) is 27.1. The number of thioether (sulfide) groups is 2. The Bertz CT molecular complexity index is 1600. The van der Waals surface area contributed by atoms with Crippen molar-refractivity contribution in [1.82, 2.24) is 9.97 Å². The molecule has 7 rings (SSSR count). The first kappa shape index (κ1) is 25.5. The lowest BCUT2D eigenvalue weighted by molar-refractivity contribution is -0.116. The molecular weight excluding hydrogens is 577 g/mol. The summed E-state index contributed by atoms with van der Waals surface area (Å²) in [6.45, 7) is 0. The molecule has 2 fully saturated rings. The van der Waals surface area contributed by atoms with Crippen molar-refractivity contribution in [2.75, 3.05) is 21.3 Å². The van der Waals surface area contributed by atoms with Gasteiger partial charge in [-0.15, -0.1) is 23.5 Å². The highest BCUT2D eigenvalue weighted by Gasteiger charge is 2.35. The summed E-state index contributed by atoms with van der Waals surface area (Å²) in [7, 11) is 0. The van der Waals surface area contributed by atoms with Crippen LogP contribution in [0.25, 0.3) is 32.6 Å². The second kappa shape index (κ2) is 10.9. The Morgan fingerprint density at radius 2 is 1.07 bits per heavy atom. The number of aromatic nitrogens is 2. The maximum Gasteiger partial charge on any atom is 0.240 e. The lowest BCUT2D eigenvalue weighted by Gasteiger charge is -2.18. The quantitative estimate of drug-likeness (QED) is 0.207. The Morgan fingerprint density at radius 3 is 1.50 bits per heavy atom. The van der Waals surface area contributed by atoms with Gasteiger partial charge in [-0.1, -0.05) is 108 Å². The van der Waals surface area contributed by atoms with Crippen molar-refractivity contribution in [2.45, 2.75) is 10.7 Å². The minimum atomic E-state index is -0.0985. The predicted octanol–water partition coefficient (Wildman–Crippen LogP) is 7.14. The number of nitrogens with zero attached hydrogens (tertiary/aromatic N) is 4. The van der Waals surface area contributed by atoms with Crippen LogP contribution in [0.5, 0.6) is 0 Å². The van der Waals surface area contributed by atoms with Gasteiger partial charge in [0.25, 0.3) is 0 Å². The highest BCUT2D eigenvalue weighted by molar-refractivity contribution is 8.01. The number of thiazole rings is 2. The van der Waals surface area contributed by atoms with E-state index in [0.29, 0.717) is 21.8 Å². The van der Waals surface area contributed by atoms with Crippen LogP contribution in [-0.2, 0) is 9.59 Å². The van der Waals surface area contributed by atoms with Crippen molar-refractivity contribution in [2.24, 2.45) is 0 Å². The van der Waals surface area contributed by atoms with Gasteiger partial charge in [0.15, 0.2) is 10.3 Å². The first-order valence-corrected chi connectivity index (χ1v) is 16.4. The molecule has 0 radical (unpaired) electrons. The molecule has 2 unspecified atom stereocenters. The van der Waals surface area contributed by atoms with E-state index in [9.17, 15) is 9.59 Å². The smallest absolute Gasteiger partial charge is 0.240 e. The van der Waals surface area contributed by atoms with Gasteiger partial charge in [-0.3, -0.25) is 19.4 Å². The van der Waals surface area contributed by atoms with Crippen molar-refractivity contribution in [3.63, 3.8) is 0 Å². The van der Waals surface area contributed by atoms with Crippen LogP contribution in [0.15, 0.2) is 84.9 Å². The maximum absolute atomic E-state index is 12.8. The zero-order valence-electron chi connectivity index (χ0n) is 21.0. The van der Waals surface area contributed by atoms with E-state index >= 15 is 0 Å². The summed E-state index contributed by atoms with van der Waals surface area (Å²) >= 11 is 6.22. The topological polar surface area (TPSA) is 66.4 Å². The fraction of sp³-hybridized carbons (Fsp3) is 0.133. The van der Waals surface area contributed by atoms with Crippen LogP contribution < -0.4 is 9.80 Å². The van der Waals surface area contributed by atoms with Gasteiger partial charge in [0.05, 0.1) is 31.9 Å². The summed E-state index contributed by atoms with van der Waals surface area (Å²) in [4.78, 5) is 39.0. The van der Waals surface area contributed by atoms with Crippen LogP contribution >= 0.6 is 46.2 Å². The summed E-state index contributed by atoms with van der Waals surface area (Å²) in [5.41, 5.74) is 3.87. The second-order valence-corrected chi connectivity index (χ2v) is 13.5. The molecule has 0 saturated carbocycles. The Balaban J connectivity index is 1.16. The molecular formula is C30H22N4O2S4. The Kier molecular flexibility index (Phi) is 6.92. The van der Waals surface area contributed by atoms with E-state index in [1.54, 1.807) is 33.3 Å². The van der Waals surface area contributed by atoms with E-state index < -0.39 is 0 Å². The summed E-state index contributed by atoms with van der Waals surface area (Å²) in [5.74, 6) is 0.991. The monoisotopic (exact) mass is 598 g/mol. The first-order valence-electron chi connectivity index (χ1n) is 12.7. The normalized spacial score (nSPS) is 19.9. The third-order valence-electron chi connectivity index (χ3n) is 6.59. The Labute approximate surface area is 247 Å². The maximum atomic E-state index is 12.8. The molecule has 5 aromatic rings. The van der Waals surface area contributed by atoms with Gasteiger partial charge in [-0.25, -0.2) is 9.97 Å². The molecule has 0 aliphatic carbocycles. The highest BCUT2D eigenvalue weighted by atomic mass is 32.2. The fourth-order valence-corrected chi connectivity index (χ4v) is 8.86. The lowest BCUT2D eigenvalue weighted by Crippen LogP contribution is -2.31. The number of hydrogen-bond donors (Lipinski definition) is 0. The number of carbonyl (C=O) groups is 2. The third-order valence-corrected chi connectivity index (χ3v) is 10.9. The van der Waals surface area contributed by atoms with Crippen molar-refractivity contribution in [1.29, 1.82) is 0 Å². The highest BCUT2D eigenvalue weighted by Crippen LogP contribution is 2.41. The zero-order valence-corrected chi connectivity index (χ0v) is 24.3. The molecule has 0 bridgehead atoms. The molecule has 10 heteroatoms. The van der Waals surface area contributed by atoms with E-state index in [1.165, 1.54) is 22.7 Å². The lowest BCUT2D eigenvalue weighted by atomic mass is 10.2. The van der Waals surface area contributed by atoms with Gasteiger partial charge >= 0.3 is 0 Å². The van der Waals surface area contributed by atoms with Gasteiger partial charge in [0.2, 0.25) is 11.8 Å². The van der Waals surface area contributed by atoms with E-state index in [0.717, 1.165) is 31.6 Å². The number of fused-ring (bicyclic) bond motifs is 2. The fourth-order valence-electron chi connectivity index (χ4n) is 4.65. The van der Waals surface area contributed by atoms with E-state index in [4.69, 9.17) is 9.97 Å². The first-order chi connectivity index (χ1) is 19.6. The average molecular weight is 599 g/mol. The van der Waals surface area contributed by atoms with Crippen LogP contribution in [0.3, 0.4) is 0 Å². The van der Waals surface area contributed by atoms with Crippen molar-refractivity contribution >= 4 is 101 Å². The molecule has 0 N–H and O–H groups in total. The van der Waals surface area contributed by atoms with Crippen molar-refractivity contribution in [3.05, 3.63) is 96.1 Å². The Hall–Kier alpha value is -3.44.